The normalized spacial score (nSPS) is 9.50. The number of benzene rings is 2. The van der Waals surface area contributed by atoms with E-state index in [0.717, 1.165) is 16.8 Å². The maximum absolute atomic E-state index is 10.1. The van der Waals surface area contributed by atoms with Gasteiger partial charge in [-0.3, -0.25) is 0 Å². The van der Waals surface area contributed by atoms with Crippen LogP contribution in [-0.4, -0.2) is 6.08 Å². The van der Waals surface area contributed by atoms with Crippen molar-refractivity contribution in [1.82, 2.24) is 0 Å². The lowest BCUT2D eigenvalue weighted by atomic mass is 10.1. The molecule has 2 aromatic rings. The van der Waals surface area contributed by atoms with Crippen molar-refractivity contribution in [3.63, 3.8) is 0 Å². The molecule has 0 amide bonds. The van der Waals surface area contributed by atoms with Gasteiger partial charge in [0, 0.05) is 5.69 Å². The predicted molar refractivity (Wildman–Crippen MR) is 64.1 cm³/mol. The smallest absolute Gasteiger partial charge is 0.240 e. The van der Waals surface area contributed by atoms with Crippen molar-refractivity contribution in [3.8, 4) is 11.1 Å². The van der Waals surface area contributed by atoms with Crippen molar-refractivity contribution < 1.29 is 4.79 Å². The first-order valence-electron chi connectivity index (χ1n) is 4.83. The Kier molecular flexibility index (Phi) is 2.81. The van der Waals surface area contributed by atoms with Crippen molar-refractivity contribution in [2.75, 3.05) is 5.73 Å². The molecule has 0 aliphatic carbocycles. The van der Waals surface area contributed by atoms with Gasteiger partial charge in [-0.2, -0.15) is 4.99 Å². The Bertz CT molecular complexity index is 523. The summed E-state index contributed by atoms with van der Waals surface area (Å²) in [5.74, 6) is 0. The maximum atomic E-state index is 10.1. The van der Waals surface area contributed by atoms with Crippen LogP contribution in [0.2, 0.25) is 0 Å². The van der Waals surface area contributed by atoms with E-state index in [1.165, 1.54) is 6.08 Å². The average molecular weight is 210 g/mol. The van der Waals surface area contributed by atoms with E-state index in [9.17, 15) is 4.79 Å². The minimum atomic E-state index is 0.606. The Labute approximate surface area is 93.3 Å². The van der Waals surface area contributed by atoms with Gasteiger partial charge in [-0.25, -0.2) is 4.79 Å². The number of nitrogen functional groups attached to an aromatic ring is 1. The Morgan fingerprint density at radius 3 is 1.88 bits per heavy atom. The van der Waals surface area contributed by atoms with Crippen molar-refractivity contribution >= 4 is 17.5 Å². The molecule has 0 heterocycles. The summed E-state index contributed by atoms with van der Waals surface area (Å²) in [5.41, 5.74) is 9.10. The first-order valence-corrected chi connectivity index (χ1v) is 4.83. The number of carbonyl (C=O) groups excluding carboxylic acids is 1. The lowest BCUT2D eigenvalue weighted by Gasteiger charge is -2.02. The zero-order chi connectivity index (χ0) is 11.4. The molecule has 0 saturated heterocycles. The average Bonchev–Trinajstić information content (AvgIpc) is 2.32. The number of rotatable bonds is 2. The summed E-state index contributed by atoms with van der Waals surface area (Å²) in [6, 6.07) is 15.0. The summed E-state index contributed by atoms with van der Waals surface area (Å²) in [7, 11) is 0. The number of anilines is 1. The molecule has 0 saturated carbocycles. The van der Waals surface area contributed by atoms with Crippen LogP contribution in [0.3, 0.4) is 0 Å². The largest absolute Gasteiger partial charge is 0.399 e. The van der Waals surface area contributed by atoms with Crippen LogP contribution in [0.4, 0.5) is 11.4 Å². The van der Waals surface area contributed by atoms with E-state index in [4.69, 9.17) is 5.73 Å². The first kappa shape index (κ1) is 10.1. The molecule has 0 radical (unpaired) electrons. The third kappa shape index (κ3) is 2.16. The molecule has 0 aliphatic heterocycles. The van der Waals surface area contributed by atoms with Crippen LogP contribution in [0.25, 0.3) is 11.1 Å². The first-order chi connectivity index (χ1) is 7.79. The summed E-state index contributed by atoms with van der Waals surface area (Å²) in [4.78, 5) is 13.6. The van der Waals surface area contributed by atoms with Gasteiger partial charge in [0.25, 0.3) is 0 Å². The standard InChI is InChI=1S/C13H10N2O/c14-12-5-1-10(2-6-12)11-3-7-13(8-4-11)15-9-16/h1-8H,14H2. The van der Waals surface area contributed by atoms with Gasteiger partial charge in [0.05, 0.1) is 5.69 Å². The van der Waals surface area contributed by atoms with E-state index < -0.39 is 0 Å². The molecular weight excluding hydrogens is 200 g/mol. The number of hydrogen-bond acceptors (Lipinski definition) is 3. The molecule has 2 aromatic carbocycles. The number of nitrogens with two attached hydrogens (primary N) is 1. The SMILES string of the molecule is Nc1ccc(-c2ccc(N=C=O)cc2)cc1. The fourth-order valence-electron chi connectivity index (χ4n) is 1.46. The topological polar surface area (TPSA) is 55.4 Å². The van der Waals surface area contributed by atoms with Crippen molar-refractivity contribution in [1.29, 1.82) is 0 Å². The monoisotopic (exact) mass is 210 g/mol. The molecule has 0 atom stereocenters. The van der Waals surface area contributed by atoms with Gasteiger partial charge >= 0.3 is 0 Å². The minimum absolute atomic E-state index is 0.606. The van der Waals surface area contributed by atoms with E-state index in [-0.39, 0.29) is 0 Å². The van der Waals surface area contributed by atoms with Crippen molar-refractivity contribution in [3.05, 3.63) is 48.5 Å². The summed E-state index contributed by atoms with van der Waals surface area (Å²) < 4.78 is 0. The summed E-state index contributed by atoms with van der Waals surface area (Å²) in [5, 5.41) is 0. The van der Waals surface area contributed by atoms with Gasteiger partial charge in [0.2, 0.25) is 6.08 Å². The van der Waals surface area contributed by atoms with Crippen LogP contribution in [-0.2, 0) is 4.79 Å². The zero-order valence-corrected chi connectivity index (χ0v) is 8.55. The number of aliphatic imine (C=N–C) groups is 1. The summed E-state index contributed by atoms with van der Waals surface area (Å²) in [6.07, 6.45) is 1.51. The Balaban J connectivity index is 2.34. The highest BCUT2D eigenvalue weighted by Crippen LogP contribution is 2.23. The molecule has 78 valence electrons. The van der Waals surface area contributed by atoms with Crippen molar-refractivity contribution in [2.45, 2.75) is 0 Å². The zero-order valence-electron chi connectivity index (χ0n) is 8.55. The second-order valence-electron chi connectivity index (χ2n) is 3.37. The Morgan fingerprint density at radius 1 is 0.875 bits per heavy atom. The van der Waals surface area contributed by atoms with Gasteiger partial charge in [-0.05, 0) is 35.4 Å². The summed E-state index contributed by atoms with van der Waals surface area (Å²) >= 11 is 0. The molecular formula is C13H10N2O. The van der Waals surface area contributed by atoms with Crippen LogP contribution < -0.4 is 5.73 Å². The lowest BCUT2D eigenvalue weighted by molar-refractivity contribution is 0.565. The molecule has 0 aromatic heterocycles. The highest BCUT2D eigenvalue weighted by Gasteiger charge is 1.97. The van der Waals surface area contributed by atoms with Crippen molar-refractivity contribution in [2.24, 2.45) is 4.99 Å². The Morgan fingerprint density at radius 2 is 1.38 bits per heavy atom. The third-order valence-corrected chi connectivity index (χ3v) is 2.29. The maximum Gasteiger partial charge on any atom is 0.240 e. The molecule has 0 aliphatic rings. The quantitative estimate of drug-likeness (QED) is 0.470. The number of hydrogen-bond donors (Lipinski definition) is 1. The van der Waals surface area contributed by atoms with Crippen LogP contribution in [0, 0.1) is 0 Å². The third-order valence-electron chi connectivity index (χ3n) is 2.29. The van der Waals surface area contributed by atoms with Gasteiger partial charge in [0.1, 0.15) is 0 Å². The van der Waals surface area contributed by atoms with Gasteiger partial charge < -0.3 is 5.73 Å². The number of isocyanates is 1. The van der Waals surface area contributed by atoms with E-state index in [2.05, 4.69) is 4.99 Å². The molecule has 2 rings (SSSR count). The van der Waals surface area contributed by atoms with E-state index in [1.807, 2.05) is 36.4 Å². The minimum Gasteiger partial charge on any atom is -0.399 e. The van der Waals surface area contributed by atoms with Crippen LogP contribution in [0.15, 0.2) is 53.5 Å². The molecule has 0 fully saturated rings. The molecule has 16 heavy (non-hydrogen) atoms. The molecule has 3 heteroatoms. The van der Waals surface area contributed by atoms with Gasteiger partial charge in [0.15, 0.2) is 0 Å². The fraction of sp³-hybridized carbons (Fsp3) is 0. The van der Waals surface area contributed by atoms with Crippen LogP contribution >= 0.6 is 0 Å². The fourth-order valence-corrected chi connectivity index (χ4v) is 1.46. The highest BCUT2D eigenvalue weighted by molar-refractivity contribution is 5.67. The number of nitrogens with zero attached hydrogens (tertiary/aromatic N) is 1. The predicted octanol–water partition coefficient (Wildman–Crippen LogP) is 2.90. The lowest BCUT2D eigenvalue weighted by Crippen LogP contribution is -1.83. The van der Waals surface area contributed by atoms with Crippen LogP contribution in [0.1, 0.15) is 0 Å². The molecule has 0 unspecified atom stereocenters. The molecule has 0 bridgehead atoms. The van der Waals surface area contributed by atoms with E-state index >= 15 is 0 Å². The van der Waals surface area contributed by atoms with Crippen LogP contribution in [0.5, 0.6) is 0 Å². The Hall–Kier alpha value is -2.38. The highest BCUT2D eigenvalue weighted by atomic mass is 16.1. The van der Waals surface area contributed by atoms with E-state index in [0.29, 0.717) is 5.69 Å². The second kappa shape index (κ2) is 4.43. The molecule has 0 spiro atoms. The van der Waals surface area contributed by atoms with Gasteiger partial charge in [-0.1, -0.05) is 24.3 Å². The summed E-state index contributed by atoms with van der Waals surface area (Å²) in [6.45, 7) is 0. The molecule has 3 nitrogen and oxygen atoms in total. The molecule has 2 N–H and O–H groups in total. The second-order valence-corrected chi connectivity index (χ2v) is 3.37. The van der Waals surface area contributed by atoms with E-state index in [1.54, 1.807) is 12.1 Å². The van der Waals surface area contributed by atoms with Gasteiger partial charge in [-0.15, -0.1) is 0 Å².